The molecule has 4 rings (SSSR count). The van der Waals surface area contributed by atoms with E-state index < -0.39 is 11.6 Å². The topological polar surface area (TPSA) is 88.1 Å². The van der Waals surface area contributed by atoms with Crippen LogP contribution in [0, 0.1) is 0 Å². The molecule has 1 amide bonds. The molecule has 0 bridgehead atoms. The van der Waals surface area contributed by atoms with Crippen LogP contribution in [0.5, 0.6) is 11.5 Å². The lowest BCUT2D eigenvalue weighted by Gasteiger charge is -2.29. The molecule has 1 aliphatic rings. The number of carbonyl (C=O) groups excluding carboxylic acids is 1. The Bertz CT molecular complexity index is 1200. The van der Waals surface area contributed by atoms with Gasteiger partial charge in [0.1, 0.15) is 11.4 Å². The summed E-state index contributed by atoms with van der Waals surface area (Å²) in [6.45, 7) is 10.8. The lowest BCUT2D eigenvalue weighted by atomic mass is 10.0. The van der Waals surface area contributed by atoms with E-state index in [2.05, 4.69) is 5.32 Å². The molecular weight excluding hydrogens is 480 g/mol. The fourth-order valence-electron chi connectivity index (χ4n) is 4.19. The number of carboxylic acids is 1. The quantitative estimate of drug-likeness (QED) is 0.333. The van der Waals surface area contributed by atoms with Gasteiger partial charge in [-0.15, -0.1) is 0 Å². The lowest BCUT2D eigenvalue weighted by Crippen LogP contribution is -2.42. The van der Waals surface area contributed by atoms with Gasteiger partial charge in [-0.25, -0.2) is 9.59 Å². The van der Waals surface area contributed by atoms with Crippen LogP contribution in [-0.4, -0.2) is 46.8 Å². The zero-order valence-electron chi connectivity index (χ0n) is 22.9. The van der Waals surface area contributed by atoms with E-state index in [1.165, 1.54) is 12.1 Å². The average Bonchev–Trinajstić information content (AvgIpc) is 3.38. The average molecular weight is 519 g/mol. The zero-order valence-corrected chi connectivity index (χ0v) is 22.9. The third-order valence-corrected chi connectivity index (χ3v) is 5.95. The van der Waals surface area contributed by atoms with Gasteiger partial charge in [-0.05, 0) is 81.1 Å². The molecule has 0 aliphatic carbocycles. The number of ether oxygens (including phenoxy) is 2. The Morgan fingerprint density at radius 1 is 0.974 bits per heavy atom. The van der Waals surface area contributed by atoms with Crippen LogP contribution in [0.2, 0.25) is 0 Å². The largest absolute Gasteiger partial charge is 0.478 e. The summed E-state index contributed by atoms with van der Waals surface area (Å²) in [4.78, 5) is 25.7. The van der Waals surface area contributed by atoms with E-state index in [1.807, 2.05) is 83.1 Å². The fraction of sp³-hybridized carbons (Fsp3) is 0.355. The van der Waals surface area contributed by atoms with Gasteiger partial charge >= 0.3 is 12.1 Å². The van der Waals surface area contributed by atoms with Crippen molar-refractivity contribution in [2.75, 3.05) is 18.4 Å². The zero-order chi connectivity index (χ0) is 27.7. The molecule has 0 spiro atoms. The van der Waals surface area contributed by atoms with Crippen LogP contribution in [0.25, 0.3) is 11.1 Å². The molecule has 3 aromatic carbocycles. The second-order valence-corrected chi connectivity index (χ2v) is 9.86. The summed E-state index contributed by atoms with van der Waals surface area (Å²) in [5, 5.41) is 12.6. The van der Waals surface area contributed by atoms with Gasteiger partial charge in [0, 0.05) is 13.1 Å². The molecule has 1 atom stereocenters. The van der Waals surface area contributed by atoms with Gasteiger partial charge in [0.2, 0.25) is 0 Å². The second-order valence-electron chi connectivity index (χ2n) is 9.86. The van der Waals surface area contributed by atoms with Crippen molar-refractivity contribution in [1.29, 1.82) is 0 Å². The Morgan fingerprint density at radius 2 is 1.66 bits per heavy atom. The Balaban J connectivity index is 0.00000195. The Labute approximate surface area is 225 Å². The number of amides is 1. The smallest absolute Gasteiger partial charge is 0.410 e. The first kappa shape index (κ1) is 28.6. The highest BCUT2D eigenvalue weighted by Gasteiger charge is 2.32. The van der Waals surface area contributed by atoms with Gasteiger partial charge in [0.05, 0.1) is 17.3 Å². The summed E-state index contributed by atoms with van der Waals surface area (Å²) in [5.74, 6) is 0.159. The summed E-state index contributed by atoms with van der Waals surface area (Å²) in [7, 11) is 0. The molecule has 1 fully saturated rings. The number of nitrogens with one attached hydrogen (secondary N) is 1. The minimum atomic E-state index is -0.985. The van der Waals surface area contributed by atoms with Crippen LogP contribution >= 0.6 is 0 Å². The van der Waals surface area contributed by atoms with E-state index in [-0.39, 0.29) is 17.7 Å². The molecule has 1 aliphatic heterocycles. The first-order chi connectivity index (χ1) is 18.2. The molecule has 1 heterocycles. The highest BCUT2D eigenvalue weighted by Crippen LogP contribution is 2.35. The van der Waals surface area contributed by atoms with Gasteiger partial charge in [-0.3, -0.25) is 0 Å². The summed E-state index contributed by atoms with van der Waals surface area (Å²) < 4.78 is 11.8. The standard InChI is InChI=1S/C29H32N2O5.C2H6/c1-29(2,3)36-28(34)31-17-7-10-23(31)19-30-25-16-13-22(20-8-5-4-6-9-20)18-26(25)35-24-14-11-21(12-15-24)27(32)33;1-2/h4-6,8-9,11-16,18,23,30H,7,10,17,19H2,1-3H3,(H,32,33);1-2H3. The molecule has 0 aromatic heterocycles. The number of anilines is 1. The van der Waals surface area contributed by atoms with Crippen LogP contribution in [0.15, 0.2) is 72.8 Å². The maximum absolute atomic E-state index is 12.7. The number of likely N-dealkylation sites (tertiary alicyclic amines) is 1. The minimum absolute atomic E-state index is 0.0105. The van der Waals surface area contributed by atoms with Crippen molar-refractivity contribution in [3.63, 3.8) is 0 Å². The Hall–Kier alpha value is -4.00. The molecule has 2 N–H and O–H groups in total. The van der Waals surface area contributed by atoms with Gasteiger partial charge in [-0.1, -0.05) is 50.2 Å². The highest BCUT2D eigenvalue weighted by molar-refractivity contribution is 5.87. The maximum Gasteiger partial charge on any atom is 0.410 e. The first-order valence-corrected chi connectivity index (χ1v) is 13.1. The minimum Gasteiger partial charge on any atom is -0.478 e. The number of rotatable bonds is 7. The van der Waals surface area contributed by atoms with Crippen LogP contribution in [0.3, 0.4) is 0 Å². The Kier molecular flexibility index (Phi) is 9.77. The molecule has 202 valence electrons. The third-order valence-electron chi connectivity index (χ3n) is 5.95. The molecule has 0 radical (unpaired) electrons. The third kappa shape index (κ3) is 7.75. The van der Waals surface area contributed by atoms with Crippen molar-refractivity contribution in [1.82, 2.24) is 4.90 Å². The van der Waals surface area contributed by atoms with Crippen LogP contribution in [0.4, 0.5) is 10.5 Å². The molecular formula is C31H38N2O5. The number of carbonyl (C=O) groups is 2. The molecule has 7 heteroatoms. The monoisotopic (exact) mass is 518 g/mol. The van der Waals surface area contributed by atoms with Gasteiger partial charge in [-0.2, -0.15) is 0 Å². The van der Waals surface area contributed by atoms with E-state index >= 15 is 0 Å². The SMILES string of the molecule is CC.CC(C)(C)OC(=O)N1CCCC1CNc1ccc(-c2ccccc2)cc1Oc1ccc(C(=O)O)cc1. The number of aromatic carboxylic acids is 1. The second kappa shape index (κ2) is 13.0. The fourth-order valence-corrected chi connectivity index (χ4v) is 4.19. The predicted octanol–water partition coefficient (Wildman–Crippen LogP) is 7.68. The van der Waals surface area contributed by atoms with Crippen molar-refractivity contribution >= 4 is 17.7 Å². The predicted molar refractivity (Wildman–Crippen MR) is 151 cm³/mol. The summed E-state index contributed by atoms with van der Waals surface area (Å²) in [5.41, 5.74) is 2.49. The molecule has 1 saturated heterocycles. The van der Waals surface area contributed by atoms with Crippen molar-refractivity contribution < 1.29 is 24.2 Å². The normalized spacial score (nSPS) is 14.8. The van der Waals surface area contributed by atoms with Crippen LogP contribution < -0.4 is 10.1 Å². The molecule has 3 aromatic rings. The number of hydrogen-bond donors (Lipinski definition) is 2. The van der Waals surface area contributed by atoms with Crippen molar-refractivity contribution in [2.24, 2.45) is 0 Å². The maximum atomic E-state index is 12.7. The van der Waals surface area contributed by atoms with E-state index in [9.17, 15) is 14.7 Å². The van der Waals surface area contributed by atoms with E-state index in [0.717, 1.165) is 29.7 Å². The lowest BCUT2D eigenvalue weighted by molar-refractivity contribution is 0.0235. The number of hydrogen-bond acceptors (Lipinski definition) is 5. The number of carboxylic acid groups (broad SMARTS) is 1. The summed E-state index contributed by atoms with van der Waals surface area (Å²) >= 11 is 0. The van der Waals surface area contributed by atoms with Crippen molar-refractivity contribution in [3.8, 4) is 22.6 Å². The Morgan fingerprint density at radius 3 is 2.29 bits per heavy atom. The van der Waals surface area contributed by atoms with Gasteiger partial charge in [0.15, 0.2) is 5.75 Å². The number of benzene rings is 3. The molecule has 38 heavy (non-hydrogen) atoms. The highest BCUT2D eigenvalue weighted by atomic mass is 16.6. The molecule has 0 saturated carbocycles. The van der Waals surface area contributed by atoms with E-state index in [1.54, 1.807) is 17.0 Å². The molecule has 1 unspecified atom stereocenters. The summed E-state index contributed by atoms with van der Waals surface area (Å²) in [6.07, 6.45) is 1.53. The van der Waals surface area contributed by atoms with Crippen molar-refractivity contribution in [3.05, 3.63) is 78.4 Å². The number of nitrogens with zero attached hydrogens (tertiary/aromatic N) is 1. The van der Waals surface area contributed by atoms with Gasteiger partial charge < -0.3 is 24.8 Å². The van der Waals surface area contributed by atoms with E-state index in [4.69, 9.17) is 9.47 Å². The summed E-state index contributed by atoms with van der Waals surface area (Å²) in [6, 6.07) is 22.3. The van der Waals surface area contributed by atoms with Crippen molar-refractivity contribution in [2.45, 2.75) is 59.1 Å². The molecule has 7 nitrogen and oxygen atoms in total. The van der Waals surface area contributed by atoms with Gasteiger partial charge in [0.25, 0.3) is 0 Å². The first-order valence-electron chi connectivity index (χ1n) is 13.1. The van der Waals surface area contributed by atoms with Crippen LogP contribution in [0.1, 0.15) is 57.8 Å². The van der Waals surface area contributed by atoms with Crippen LogP contribution in [-0.2, 0) is 4.74 Å². The van der Waals surface area contributed by atoms with E-state index in [0.29, 0.717) is 24.6 Å².